The van der Waals surface area contributed by atoms with E-state index in [1.54, 1.807) is 12.1 Å². The van der Waals surface area contributed by atoms with Crippen LogP contribution in [0.5, 0.6) is 0 Å². The van der Waals surface area contributed by atoms with Gasteiger partial charge in [-0.2, -0.15) is 0 Å². The fraction of sp³-hybridized carbons (Fsp3) is 0.308. The average Bonchev–Trinajstić information content (AvgIpc) is 2.39. The number of non-ortho nitro benzene ring substituents is 1. The Morgan fingerprint density at radius 2 is 2.05 bits per heavy atom. The first-order valence-electron chi connectivity index (χ1n) is 5.77. The van der Waals surface area contributed by atoms with Crippen LogP contribution < -0.4 is 10.6 Å². The number of nitro benzene ring substituents is 1. The van der Waals surface area contributed by atoms with Crippen LogP contribution in [0.25, 0.3) is 0 Å². The highest BCUT2D eigenvalue weighted by Crippen LogP contribution is 2.11. The highest BCUT2D eigenvalue weighted by Gasteiger charge is 2.04. The predicted molar refractivity (Wildman–Crippen MR) is 71.5 cm³/mol. The maximum atomic E-state index is 11.3. The van der Waals surface area contributed by atoms with Crippen molar-refractivity contribution >= 4 is 11.6 Å². The molecule has 0 aliphatic carbocycles. The molecule has 0 saturated carbocycles. The van der Waals surface area contributed by atoms with Crippen molar-refractivity contribution in [3.63, 3.8) is 0 Å². The number of rotatable bonds is 7. The fourth-order valence-corrected chi connectivity index (χ4v) is 1.44. The van der Waals surface area contributed by atoms with Crippen molar-refractivity contribution in [3.8, 4) is 12.3 Å². The molecule has 19 heavy (non-hydrogen) atoms. The molecule has 0 bridgehead atoms. The number of nitrogens with zero attached hydrogens (tertiary/aromatic N) is 1. The lowest BCUT2D eigenvalue weighted by molar-refractivity contribution is -0.384. The lowest BCUT2D eigenvalue weighted by atomic mass is 10.1. The average molecular weight is 261 g/mol. The van der Waals surface area contributed by atoms with Crippen LogP contribution in [-0.2, 0) is 11.2 Å². The lowest BCUT2D eigenvalue weighted by Gasteiger charge is -2.05. The Bertz CT molecular complexity index is 477. The van der Waals surface area contributed by atoms with Crippen LogP contribution in [0.1, 0.15) is 5.56 Å². The van der Waals surface area contributed by atoms with Crippen molar-refractivity contribution in [1.82, 2.24) is 10.6 Å². The summed E-state index contributed by atoms with van der Waals surface area (Å²) in [7, 11) is 0. The molecule has 0 atom stereocenters. The van der Waals surface area contributed by atoms with Gasteiger partial charge in [-0.05, 0) is 12.0 Å². The molecular weight excluding hydrogens is 246 g/mol. The van der Waals surface area contributed by atoms with E-state index in [4.69, 9.17) is 6.42 Å². The van der Waals surface area contributed by atoms with Crippen LogP contribution in [0.4, 0.5) is 5.69 Å². The summed E-state index contributed by atoms with van der Waals surface area (Å²) in [6, 6.07) is 6.26. The smallest absolute Gasteiger partial charge is 0.269 e. The van der Waals surface area contributed by atoms with E-state index in [0.29, 0.717) is 19.5 Å². The van der Waals surface area contributed by atoms with Gasteiger partial charge in [0.25, 0.3) is 5.69 Å². The van der Waals surface area contributed by atoms with E-state index in [9.17, 15) is 14.9 Å². The van der Waals surface area contributed by atoms with Crippen molar-refractivity contribution < 1.29 is 9.72 Å². The molecule has 0 saturated heterocycles. The molecule has 1 aromatic carbocycles. The molecule has 100 valence electrons. The highest BCUT2D eigenvalue weighted by atomic mass is 16.6. The third-order valence-corrected chi connectivity index (χ3v) is 2.40. The number of carbonyl (C=O) groups is 1. The predicted octanol–water partition coefficient (Wildman–Crippen LogP) is 0.476. The number of amides is 1. The number of hydrogen-bond donors (Lipinski definition) is 2. The Morgan fingerprint density at radius 3 is 2.63 bits per heavy atom. The second kappa shape index (κ2) is 7.84. The molecule has 0 aliphatic rings. The van der Waals surface area contributed by atoms with Crippen molar-refractivity contribution in [2.75, 3.05) is 19.6 Å². The van der Waals surface area contributed by atoms with Gasteiger partial charge in [0.15, 0.2) is 0 Å². The second-order valence-corrected chi connectivity index (χ2v) is 3.83. The van der Waals surface area contributed by atoms with Gasteiger partial charge in [-0.1, -0.05) is 18.1 Å². The summed E-state index contributed by atoms with van der Waals surface area (Å²) in [6.07, 6.45) is 5.66. The van der Waals surface area contributed by atoms with E-state index in [1.165, 1.54) is 12.1 Å². The van der Waals surface area contributed by atoms with Gasteiger partial charge in [0.05, 0.1) is 18.0 Å². The summed E-state index contributed by atoms with van der Waals surface area (Å²) in [4.78, 5) is 21.3. The maximum Gasteiger partial charge on any atom is 0.269 e. The maximum absolute atomic E-state index is 11.3. The van der Waals surface area contributed by atoms with Crippen molar-refractivity contribution in [2.45, 2.75) is 6.42 Å². The zero-order valence-corrected chi connectivity index (χ0v) is 10.4. The zero-order valence-electron chi connectivity index (χ0n) is 10.4. The van der Waals surface area contributed by atoms with Gasteiger partial charge in [-0.3, -0.25) is 20.2 Å². The minimum absolute atomic E-state index is 0.0614. The molecular formula is C13H15N3O3. The fourth-order valence-electron chi connectivity index (χ4n) is 1.44. The number of nitro groups is 1. The number of benzene rings is 1. The third-order valence-electron chi connectivity index (χ3n) is 2.40. The molecule has 0 heterocycles. The van der Waals surface area contributed by atoms with Gasteiger partial charge >= 0.3 is 0 Å². The highest BCUT2D eigenvalue weighted by molar-refractivity contribution is 5.77. The number of hydrogen-bond acceptors (Lipinski definition) is 4. The topological polar surface area (TPSA) is 84.3 Å². The standard InChI is InChI=1S/C13H15N3O3/c1-2-8-14-10-13(17)15-9-7-11-3-5-12(6-4-11)16(18)19/h1,3-6,14H,7-10H2,(H,15,17). The molecule has 6 nitrogen and oxygen atoms in total. The van der Waals surface area contributed by atoms with Crippen molar-refractivity contribution in [1.29, 1.82) is 0 Å². The van der Waals surface area contributed by atoms with Gasteiger partial charge in [-0.25, -0.2) is 0 Å². The molecule has 0 radical (unpaired) electrons. The number of nitrogens with one attached hydrogen (secondary N) is 2. The van der Waals surface area contributed by atoms with Crippen LogP contribution in [0.3, 0.4) is 0 Å². The second-order valence-electron chi connectivity index (χ2n) is 3.83. The van der Waals surface area contributed by atoms with E-state index in [1.807, 2.05) is 0 Å². The summed E-state index contributed by atoms with van der Waals surface area (Å²) in [5.41, 5.74) is 0.994. The van der Waals surface area contributed by atoms with E-state index >= 15 is 0 Å². The van der Waals surface area contributed by atoms with Gasteiger partial charge in [0, 0.05) is 18.7 Å². The first kappa shape index (κ1) is 14.7. The Labute approximate surface area is 111 Å². The van der Waals surface area contributed by atoms with Gasteiger partial charge < -0.3 is 5.32 Å². The molecule has 1 aromatic rings. The molecule has 1 amide bonds. The van der Waals surface area contributed by atoms with Crippen LogP contribution in [0.2, 0.25) is 0 Å². The first-order valence-corrected chi connectivity index (χ1v) is 5.77. The number of carbonyl (C=O) groups excluding carboxylic acids is 1. The van der Waals surface area contributed by atoms with Crippen LogP contribution in [0, 0.1) is 22.5 Å². The normalized spacial score (nSPS) is 9.63. The SMILES string of the molecule is C#CCNCC(=O)NCCc1ccc([N+](=O)[O-])cc1. The number of terminal acetylenes is 1. The quantitative estimate of drug-likeness (QED) is 0.323. The lowest BCUT2D eigenvalue weighted by Crippen LogP contribution is -2.35. The van der Waals surface area contributed by atoms with Crippen LogP contribution >= 0.6 is 0 Å². The largest absolute Gasteiger partial charge is 0.355 e. The van der Waals surface area contributed by atoms with Gasteiger partial charge in [0.2, 0.25) is 5.91 Å². The third kappa shape index (κ3) is 5.66. The zero-order chi connectivity index (χ0) is 14.1. The Hall–Kier alpha value is -2.39. The summed E-state index contributed by atoms with van der Waals surface area (Å²) >= 11 is 0. The minimum Gasteiger partial charge on any atom is -0.355 e. The summed E-state index contributed by atoms with van der Waals surface area (Å²) in [5.74, 6) is 2.25. The van der Waals surface area contributed by atoms with E-state index in [0.717, 1.165) is 5.56 Å². The summed E-state index contributed by atoms with van der Waals surface area (Å²) < 4.78 is 0. The first-order chi connectivity index (χ1) is 9.13. The van der Waals surface area contributed by atoms with Gasteiger partial charge in [0.1, 0.15) is 0 Å². The van der Waals surface area contributed by atoms with E-state index in [-0.39, 0.29) is 18.1 Å². The van der Waals surface area contributed by atoms with Crippen molar-refractivity contribution in [3.05, 3.63) is 39.9 Å². The van der Waals surface area contributed by atoms with Crippen LogP contribution in [-0.4, -0.2) is 30.5 Å². The molecule has 0 aromatic heterocycles. The Kier molecular flexibility index (Phi) is 6.06. The molecule has 0 unspecified atom stereocenters. The molecule has 0 fully saturated rings. The molecule has 0 spiro atoms. The minimum atomic E-state index is -0.442. The molecule has 6 heteroatoms. The summed E-state index contributed by atoms with van der Waals surface area (Å²) in [6.45, 7) is 1.02. The van der Waals surface area contributed by atoms with Crippen molar-refractivity contribution in [2.24, 2.45) is 0 Å². The summed E-state index contributed by atoms with van der Waals surface area (Å²) in [5, 5.41) is 16.0. The van der Waals surface area contributed by atoms with E-state index < -0.39 is 4.92 Å². The Morgan fingerprint density at radius 1 is 1.37 bits per heavy atom. The monoisotopic (exact) mass is 261 g/mol. The molecule has 2 N–H and O–H groups in total. The van der Waals surface area contributed by atoms with Crippen LogP contribution in [0.15, 0.2) is 24.3 Å². The molecule has 0 aliphatic heterocycles. The Balaban J connectivity index is 2.27. The van der Waals surface area contributed by atoms with E-state index in [2.05, 4.69) is 16.6 Å². The van der Waals surface area contributed by atoms with Gasteiger partial charge in [-0.15, -0.1) is 6.42 Å². The molecule has 1 rings (SSSR count).